The summed E-state index contributed by atoms with van der Waals surface area (Å²) in [6, 6.07) is 31.2. The second kappa shape index (κ2) is 7.03. The maximum Gasteiger partial charge on any atom is 0.0980 e. The van der Waals surface area contributed by atoms with E-state index in [-0.39, 0.29) is 0 Å². The summed E-state index contributed by atoms with van der Waals surface area (Å²) in [4.78, 5) is 0. The van der Waals surface area contributed by atoms with Crippen LogP contribution in [-0.4, -0.2) is 10.5 Å². The molecule has 0 spiro atoms. The maximum atomic E-state index is 10.2. The van der Waals surface area contributed by atoms with Crippen molar-refractivity contribution in [1.29, 1.82) is 0 Å². The minimum atomic E-state index is -0.490. The van der Waals surface area contributed by atoms with E-state index in [4.69, 9.17) is 0 Å². The van der Waals surface area contributed by atoms with Crippen LogP contribution in [0.2, 0.25) is 0 Å². The topological polar surface area (TPSA) is 20.2 Å². The fourth-order valence-corrected chi connectivity index (χ4v) is 4.31. The Morgan fingerprint density at radius 3 is 1.22 bits per heavy atom. The molecular weight excluding hydrogens is 300 g/mol. The minimum Gasteiger partial charge on any atom is -0.383 e. The molecule has 1 N–H and O–H groups in total. The molecule has 116 valence electrons. The van der Waals surface area contributed by atoms with Crippen LogP contribution in [0.1, 0.15) is 23.6 Å². The van der Waals surface area contributed by atoms with E-state index >= 15 is 0 Å². The number of thioether (sulfide) groups is 1. The van der Waals surface area contributed by atoms with Crippen molar-refractivity contribution in [2.75, 3.05) is 0 Å². The third kappa shape index (κ3) is 3.19. The molecule has 0 aromatic heterocycles. The Bertz CT molecular complexity index is 627. The second-order valence-corrected chi connectivity index (χ2v) is 7.03. The van der Waals surface area contributed by atoms with Crippen molar-refractivity contribution in [3.63, 3.8) is 0 Å². The number of aliphatic hydroxyl groups is 1. The van der Waals surface area contributed by atoms with Gasteiger partial charge in [-0.2, -0.15) is 0 Å². The molecule has 1 unspecified atom stereocenters. The van der Waals surface area contributed by atoms with Gasteiger partial charge >= 0.3 is 0 Å². The Labute approximate surface area is 142 Å². The summed E-state index contributed by atoms with van der Waals surface area (Å²) in [5.74, 6) is 0. The molecule has 0 saturated carbocycles. The molecule has 0 aliphatic rings. The first-order valence-corrected chi connectivity index (χ1v) is 8.64. The molecule has 3 aromatic rings. The standard InChI is InChI=1S/C21H20OS/c1-17(22)23-21(18-11-5-2-6-12-18,19-13-7-3-8-14-19)20-15-9-4-10-16-20/h2-17,22H,1H3. The van der Waals surface area contributed by atoms with E-state index in [2.05, 4.69) is 72.8 Å². The van der Waals surface area contributed by atoms with Gasteiger partial charge in [-0.05, 0) is 23.6 Å². The third-order valence-corrected chi connectivity index (χ3v) is 5.29. The lowest BCUT2D eigenvalue weighted by Gasteiger charge is -2.36. The zero-order valence-corrected chi connectivity index (χ0v) is 13.9. The van der Waals surface area contributed by atoms with Crippen LogP contribution in [0, 0.1) is 0 Å². The first-order chi connectivity index (χ1) is 11.2. The third-order valence-electron chi connectivity index (χ3n) is 3.89. The molecule has 1 atom stereocenters. The Kier molecular flexibility index (Phi) is 4.85. The lowest BCUT2D eigenvalue weighted by atomic mass is 9.84. The van der Waals surface area contributed by atoms with Crippen molar-refractivity contribution in [2.45, 2.75) is 17.1 Å². The lowest BCUT2D eigenvalue weighted by Crippen LogP contribution is -2.27. The first-order valence-electron chi connectivity index (χ1n) is 7.76. The highest BCUT2D eigenvalue weighted by Crippen LogP contribution is 2.49. The van der Waals surface area contributed by atoms with Gasteiger partial charge in [-0.15, -0.1) is 11.8 Å². The summed E-state index contributed by atoms with van der Waals surface area (Å²) in [5, 5.41) is 10.2. The van der Waals surface area contributed by atoms with Gasteiger partial charge in [-0.25, -0.2) is 0 Å². The molecule has 0 saturated heterocycles. The summed E-state index contributed by atoms with van der Waals surface area (Å²) in [6.07, 6.45) is 0. The summed E-state index contributed by atoms with van der Waals surface area (Å²) < 4.78 is -0.433. The summed E-state index contributed by atoms with van der Waals surface area (Å²) >= 11 is 1.56. The molecular formula is C21H20OS. The zero-order chi connectivity index (χ0) is 16.1. The summed E-state index contributed by atoms with van der Waals surface area (Å²) in [7, 11) is 0. The highest BCUT2D eigenvalue weighted by Gasteiger charge is 2.38. The molecule has 0 aliphatic heterocycles. The van der Waals surface area contributed by atoms with E-state index in [1.807, 2.05) is 25.1 Å². The van der Waals surface area contributed by atoms with Gasteiger partial charge in [0.2, 0.25) is 0 Å². The molecule has 23 heavy (non-hydrogen) atoms. The number of hydrogen-bond donors (Lipinski definition) is 1. The Balaban J connectivity index is 2.30. The molecule has 3 rings (SSSR count). The van der Waals surface area contributed by atoms with Crippen LogP contribution in [0.4, 0.5) is 0 Å². The fraction of sp³-hybridized carbons (Fsp3) is 0.143. The van der Waals surface area contributed by atoms with Gasteiger partial charge in [-0.1, -0.05) is 91.0 Å². The van der Waals surface area contributed by atoms with Crippen LogP contribution in [0.25, 0.3) is 0 Å². The van der Waals surface area contributed by atoms with Crippen molar-refractivity contribution in [2.24, 2.45) is 0 Å². The molecule has 0 aliphatic carbocycles. The van der Waals surface area contributed by atoms with Crippen molar-refractivity contribution in [3.05, 3.63) is 108 Å². The van der Waals surface area contributed by atoms with Gasteiger partial charge in [0.15, 0.2) is 0 Å². The smallest absolute Gasteiger partial charge is 0.0980 e. The van der Waals surface area contributed by atoms with Crippen molar-refractivity contribution in [3.8, 4) is 0 Å². The number of hydrogen-bond acceptors (Lipinski definition) is 2. The molecule has 0 bridgehead atoms. The molecule has 0 radical (unpaired) electrons. The summed E-state index contributed by atoms with van der Waals surface area (Å²) in [6.45, 7) is 1.83. The van der Waals surface area contributed by atoms with Gasteiger partial charge < -0.3 is 5.11 Å². The molecule has 0 fully saturated rings. The average Bonchev–Trinajstić information content (AvgIpc) is 2.62. The van der Waals surface area contributed by atoms with Gasteiger partial charge in [0.05, 0.1) is 10.2 Å². The van der Waals surface area contributed by atoms with Gasteiger partial charge in [0, 0.05) is 0 Å². The highest BCUT2D eigenvalue weighted by atomic mass is 32.2. The molecule has 2 heteroatoms. The van der Waals surface area contributed by atoms with E-state index < -0.39 is 10.2 Å². The van der Waals surface area contributed by atoms with E-state index in [1.165, 1.54) is 16.7 Å². The van der Waals surface area contributed by atoms with Gasteiger partial charge in [0.1, 0.15) is 0 Å². The second-order valence-electron chi connectivity index (χ2n) is 5.50. The largest absolute Gasteiger partial charge is 0.383 e. The first kappa shape index (κ1) is 15.9. The normalized spacial score (nSPS) is 12.8. The predicted octanol–water partition coefficient (Wildman–Crippen LogP) is 5.05. The van der Waals surface area contributed by atoms with E-state index in [1.54, 1.807) is 11.8 Å². The quantitative estimate of drug-likeness (QED) is 0.524. The Hall–Kier alpha value is -2.03. The zero-order valence-electron chi connectivity index (χ0n) is 13.1. The summed E-state index contributed by atoms with van der Waals surface area (Å²) in [5.41, 5.74) is 3.02. The maximum absolute atomic E-state index is 10.2. The number of aliphatic hydroxyl groups excluding tert-OH is 1. The molecule has 0 amide bonds. The SMILES string of the molecule is CC(O)SC(c1ccccc1)(c1ccccc1)c1ccccc1. The Morgan fingerprint density at radius 1 is 0.652 bits per heavy atom. The predicted molar refractivity (Wildman–Crippen MR) is 98.5 cm³/mol. The highest BCUT2D eigenvalue weighted by molar-refractivity contribution is 8.01. The molecule has 1 nitrogen and oxygen atoms in total. The Morgan fingerprint density at radius 2 is 0.957 bits per heavy atom. The van der Waals surface area contributed by atoms with E-state index in [0.717, 1.165) is 0 Å². The van der Waals surface area contributed by atoms with Crippen LogP contribution in [0.3, 0.4) is 0 Å². The van der Waals surface area contributed by atoms with Crippen LogP contribution in [0.15, 0.2) is 91.0 Å². The van der Waals surface area contributed by atoms with Crippen LogP contribution in [0.5, 0.6) is 0 Å². The van der Waals surface area contributed by atoms with E-state index in [0.29, 0.717) is 0 Å². The van der Waals surface area contributed by atoms with E-state index in [9.17, 15) is 5.11 Å². The van der Waals surface area contributed by atoms with Crippen molar-refractivity contribution < 1.29 is 5.11 Å². The number of rotatable bonds is 5. The number of benzene rings is 3. The van der Waals surface area contributed by atoms with Gasteiger partial charge in [-0.3, -0.25) is 0 Å². The van der Waals surface area contributed by atoms with Gasteiger partial charge in [0.25, 0.3) is 0 Å². The van der Waals surface area contributed by atoms with Crippen molar-refractivity contribution in [1.82, 2.24) is 0 Å². The van der Waals surface area contributed by atoms with Crippen LogP contribution in [-0.2, 0) is 4.75 Å². The lowest BCUT2D eigenvalue weighted by molar-refractivity contribution is 0.282. The van der Waals surface area contributed by atoms with Crippen LogP contribution < -0.4 is 0 Å². The molecule has 3 aromatic carbocycles. The molecule has 0 heterocycles. The minimum absolute atomic E-state index is 0.433. The monoisotopic (exact) mass is 320 g/mol. The average molecular weight is 320 g/mol. The van der Waals surface area contributed by atoms with Crippen LogP contribution >= 0.6 is 11.8 Å². The fourth-order valence-electron chi connectivity index (χ4n) is 2.98. The van der Waals surface area contributed by atoms with Crippen molar-refractivity contribution >= 4 is 11.8 Å².